The molecule has 0 spiro atoms. The number of nitrogens with zero attached hydrogens (tertiary/aromatic N) is 2. The molecule has 2 atom stereocenters. The summed E-state index contributed by atoms with van der Waals surface area (Å²) in [6.45, 7) is 3.59. The molecule has 1 rings (SSSR count). The number of pyridine rings is 1. The molecule has 0 fully saturated rings. The molecule has 0 aliphatic rings. The minimum atomic E-state index is -0.623. The summed E-state index contributed by atoms with van der Waals surface area (Å²) in [5, 5.41) is 22.7. The lowest BCUT2D eigenvalue weighted by molar-refractivity contribution is -0.385. The van der Waals surface area contributed by atoms with Crippen LogP contribution in [0.1, 0.15) is 12.5 Å². The van der Waals surface area contributed by atoms with Gasteiger partial charge in [-0.05, 0) is 19.9 Å². The average Bonchev–Trinajstić information content (AvgIpc) is 2.25. The Balaban J connectivity index is 2.68. The molecular weight excluding hydrogens is 224 g/mol. The fraction of sp³-hybridized carbons (Fsp3) is 0.500. The van der Waals surface area contributed by atoms with Gasteiger partial charge in [0.15, 0.2) is 0 Å². The molecule has 0 bridgehead atoms. The molecule has 0 aliphatic carbocycles. The van der Waals surface area contributed by atoms with E-state index in [1.165, 1.54) is 6.20 Å². The highest BCUT2D eigenvalue weighted by Gasteiger charge is 2.13. The van der Waals surface area contributed by atoms with E-state index in [1.54, 1.807) is 19.9 Å². The predicted octanol–water partition coefficient (Wildman–Crippen LogP) is 0.418. The number of aryl methyl sites for hydroxylation is 1. The molecule has 0 aromatic carbocycles. The van der Waals surface area contributed by atoms with Crippen LogP contribution in [0.3, 0.4) is 0 Å². The summed E-state index contributed by atoms with van der Waals surface area (Å²) >= 11 is 0. The lowest BCUT2D eigenvalue weighted by Gasteiger charge is -2.15. The topological polar surface area (TPSA) is 114 Å². The zero-order chi connectivity index (χ0) is 13.0. The van der Waals surface area contributed by atoms with Gasteiger partial charge in [0.05, 0.1) is 11.0 Å². The Bertz CT molecular complexity index is 409. The second-order valence-electron chi connectivity index (χ2n) is 3.90. The highest BCUT2D eigenvalue weighted by atomic mass is 16.6. The molecule has 0 radical (unpaired) electrons. The van der Waals surface area contributed by atoms with Crippen molar-refractivity contribution in [2.75, 3.05) is 11.9 Å². The molecule has 1 aromatic rings. The van der Waals surface area contributed by atoms with Gasteiger partial charge in [-0.25, -0.2) is 4.98 Å². The van der Waals surface area contributed by atoms with Gasteiger partial charge in [-0.15, -0.1) is 0 Å². The summed E-state index contributed by atoms with van der Waals surface area (Å²) in [7, 11) is 0. The number of rotatable bonds is 5. The predicted molar refractivity (Wildman–Crippen MR) is 63.8 cm³/mol. The number of nitrogens with one attached hydrogen (secondary N) is 1. The van der Waals surface area contributed by atoms with Crippen molar-refractivity contribution < 1.29 is 10.0 Å². The van der Waals surface area contributed by atoms with Gasteiger partial charge >= 0.3 is 0 Å². The third kappa shape index (κ3) is 3.65. The van der Waals surface area contributed by atoms with Gasteiger partial charge in [-0.1, -0.05) is 0 Å². The Morgan fingerprint density at radius 2 is 2.35 bits per heavy atom. The van der Waals surface area contributed by atoms with Crippen LogP contribution in [0.4, 0.5) is 11.5 Å². The molecule has 94 valence electrons. The molecule has 7 heteroatoms. The van der Waals surface area contributed by atoms with Crippen LogP contribution in [-0.4, -0.2) is 33.7 Å². The SMILES string of the molecule is Cc1cc(NCC(N)C(C)O)ncc1[N+](=O)[O-]. The van der Waals surface area contributed by atoms with Crippen molar-refractivity contribution >= 4 is 11.5 Å². The Kier molecular flexibility index (Phi) is 4.36. The maximum atomic E-state index is 10.6. The first-order chi connectivity index (χ1) is 7.91. The number of aromatic nitrogens is 1. The Hall–Kier alpha value is -1.73. The third-order valence-corrected chi connectivity index (χ3v) is 2.42. The number of hydrogen-bond acceptors (Lipinski definition) is 6. The first-order valence-electron chi connectivity index (χ1n) is 5.20. The monoisotopic (exact) mass is 240 g/mol. The zero-order valence-corrected chi connectivity index (χ0v) is 9.75. The normalized spacial score (nSPS) is 14.1. The quantitative estimate of drug-likeness (QED) is 0.507. The third-order valence-electron chi connectivity index (χ3n) is 2.42. The van der Waals surface area contributed by atoms with Crippen molar-refractivity contribution in [3.05, 3.63) is 27.9 Å². The first kappa shape index (κ1) is 13.3. The maximum absolute atomic E-state index is 10.6. The summed E-state index contributed by atoms with van der Waals surface area (Å²) in [5.74, 6) is 0.504. The van der Waals surface area contributed by atoms with E-state index in [1.807, 2.05) is 0 Å². The van der Waals surface area contributed by atoms with Gasteiger partial charge in [0.25, 0.3) is 5.69 Å². The fourth-order valence-electron chi connectivity index (χ4n) is 1.23. The number of aliphatic hydroxyl groups excluding tert-OH is 1. The van der Waals surface area contributed by atoms with Crippen molar-refractivity contribution in [3.8, 4) is 0 Å². The van der Waals surface area contributed by atoms with Gasteiger partial charge in [-0.2, -0.15) is 0 Å². The maximum Gasteiger partial charge on any atom is 0.290 e. The molecule has 4 N–H and O–H groups in total. The molecule has 2 unspecified atom stereocenters. The summed E-state index contributed by atoms with van der Waals surface area (Å²) in [5.41, 5.74) is 6.14. The number of anilines is 1. The van der Waals surface area contributed by atoms with E-state index in [4.69, 9.17) is 5.73 Å². The van der Waals surface area contributed by atoms with Crippen LogP contribution in [-0.2, 0) is 0 Å². The second-order valence-corrected chi connectivity index (χ2v) is 3.90. The zero-order valence-electron chi connectivity index (χ0n) is 9.75. The molecule has 0 aliphatic heterocycles. The number of aliphatic hydroxyl groups is 1. The van der Waals surface area contributed by atoms with E-state index >= 15 is 0 Å². The number of nitrogens with two attached hydrogens (primary N) is 1. The van der Waals surface area contributed by atoms with E-state index in [2.05, 4.69) is 10.3 Å². The highest BCUT2D eigenvalue weighted by molar-refractivity contribution is 5.46. The summed E-state index contributed by atoms with van der Waals surface area (Å²) < 4.78 is 0. The minimum absolute atomic E-state index is 0.0182. The Morgan fingerprint density at radius 3 is 2.82 bits per heavy atom. The van der Waals surface area contributed by atoms with Crippen LogP contribution in [0.2, 0.25) is 0 Å². The lowest BCUT2D eigenvalue weighted by atomic mass is 10.2. The van der Waals surface area contributed by atoms with Crippen LogP contribution in [0.15, 0.2) is 12.3 Å². The van der Waals surface area contributed by atoms with E-state index in [-0.39, 0.29) is 5.69 Å². The fourth-order valence-corrected chi connectivity index (χ4v) is 1.23. The molecule has 0 amide bonds. The van der Waals surface area contributed by atoms with Gasteiger partial charge in [0, 0.05) is 18.2 Å². The molecule has 0 saturated carbocycles. The van der Waals surface area contributed by atoms with Crippen molar-refractivity contribution in [2.45, 2.75) is 26.0 Å². The largest absolute Gasteiger partial charge is 0.392 e. The van der Waals surface area contributed by atoms with Crippen molar-refractivity contribution in [3.63, 3.8) is 0 Å². The van der Waals surface area contributed by atoms with Crippen LogP contribution in [0.5, 0.6) is 0 Å². The van der Waals surface area contributed by atoms with Gasteiger partial charge in [-0.3, -0.25) is 10.1 Å². The van der Waals surface area contributed by atoms with Crippen LogP contribution < -0.4 is 11.1 Å². The standard InChI is InChI=1S/C10H16N4O3/c1-6-3-10(12-4-8(11)7(2)15)13-5-9(6)14(16)17/h3,5,7-8,15H,4,11H2,1-2H3,(H,12,13). The van der Waals surface area contributed by atoms with E-state index < -0.39 is 17.1 Å². The van der Waals surface area contributed by atoms with Gasteiger partial charge in [0.2, 0.25) is 0 Å². The first-order valence-corrected chi connectivity index (χ1v) is 5.20. The summed E-state index contributed by atoms with van der Waals surface area (Å²) in [6.07, 6.45) is 0.576. The van der Waals surface area contributed by atoms with Crippen molar-refractivity contribution in [1.82, 2.24) is 4.98 Å². The molecule has 1 heterocycles. The summed E-state index contributed by atoms with van der Waals surface area (Å²) in [4.78, 5) is 14.0. The average molecular weight is 240 g/mol. The molecule has 1 aromatic heterocycles. The van der Waals surface area contributed by atoms with Gasteiger partial charge in [0.1, 0.15) is 12.0 Å². The molecule has 17 heavy (non-hydrogen) atoms. The highest BCUT2D eigenvalue weighted by Crippen LogP contribution is 2.18. The molecular formula is C10H16N4O3. The lowest BCUT2D eigenvalue weighted by Crippen LogP contribution is -2.38. The van der Waals surface area contributed by atoms with Crippen molar-refractivity contribution in [1.29, 1.82) is 0 Å². The van der Waals surface area contributed by atoms with Crippen molar-refractivity contribution in [2.24, 2.45) is 5.73 Å². The summed E-state index contributed by atoms with van der Waals surface area (Å²) in [6, 6.07) is 1.17. The number of nitro groups is 1. The van der Waals surface area contributed by atoms with E-state index in [0.717, 1.165) is 0 Å². The Labute approximate surface area is 98.8 Å². The Morgan fingerprint density at radius 1 is 1.71 bits per heavy atom. The van der Waals surface area contributed by atoms with E-state index in [0.29, 0.717) is 17.9 Å². The smallest absolute Gasteiger partial charge is 0.290 e. The van der Waals surface area contributed by atoms with Crippen LogP contribution in [0, 0.1) is 17.0 Å². The van der Waals surface area contributed by atoms with Crippen LogP contribution >= 0.6 is 0 Å². The van der Waals surface area contributed by atoms with E-state index in [9.17, 15) is 15.2 Å². The molecule has 7 nitrogen and oxygen atoms in total. The van der Waals surface area contributed by atoms with Crippen LogP contribution in [0.25, 0.3) is 0 Å². The minimum Gasteiger partial charge on any atom is -0.392 e. The number of hydrogen-bond donors (Lipinski definition) is 3. The molecule has 0 saturated heterocycles. The van der Waals surface area contributed by atoms with Gasteiger partial charge < -0.3 is 16.2 Å². The second kappa shape index (κ2) is 5.55.